The molecule has 1 heterocycles. The first-order valence-corrected chi connectivity index (χ1v) is 11.5. The molecule has 0 saturated heterocycles. The van der Waals surface area contributed by atoms with Crippen LogP contribution in [0, 0.1) is 16.0 Å². The van der Waals surface area contributed by atoms with Crippen LogP contribution in [0.15, 0.2) is 76.5 Å². The van der Waals surface area contributed by atoms with Crippen molar-refractivity contribution in [1.82, 2.24) is 0 Å². The van der Waals surface area contributed by atoms with Gasteiger partial charge in [0.1, 0.15) is 11.6 Å². The molecule has 1 atom stereocenters. The van der Waals surface area contributed by atoms with Gasteiger partial charge >= 0.3 is 0 Å². The highest BCUT2D eigenvalue weighted by Gasteiger charge is 2.34. The van der Waals surface area contributed by atoms with Crippen LogP contribution in [0.4, 0.5) is 17.1 Å². The predicted octanol–water partition coefficient (Wildman–Crippen LogP) is 5.95. The zero-order chi connectivity index (χ0) is 24.4. The Morgan fingerprint density at radius 3 is 2.21 bits per heavy atom. The summed E-state index contributed by atoms with van der Waals surface area (Å²) in [6.07, 6.45) is -0.0912. The van der Waals surface area contributed by atoms with Crippen LogP contribution in [-0.2, 0) is 9.59 Å². The molecule has 1 N–H and O–H groups in total. The fourth-order valence-electron chi connectivity index (χ4n) is 4.32. The molecule has 3 aromatic rings. The van der Waals surface area contributed by atoms with Crippen LogP contribution in [-0.4, -0.2) is 22.3 Å². The van der Waals surface area contributed by atoms with E-state index in [2.05, 4.69) is 5.32 Å². The molecule has 0 amide bonds. The summed E-state index contributed by atoms with van der Waals surface area (Å²) >= 11 is 1.56. The number of rotatable bonds is 8. The third kappa shape index (κ3) is 4.63. The molecule has 0 fully saturated rings. The number of carbonyl (C=O) groups excluding carboxylic acids is 3. The lowest BCUT2D eigenvalue weighted by Gasteiger charge is -2.25. The number of ketones is 3. The first kappa shape index (κ1) is 23.4. The summed E-state index contributed by atoms with van der Waals surface area (Å²) in [5, 5.41) is 14.4. The molecule has 0 bridgehead atoms. The normalized spacial score (nSPS) is 12.8. The van der Waals surface area contributed by atoms with Crippen molar-refractivity contribution in [2.24, 2.45) is 5.92 Å². The van der Waals surface area contributed by atoms with Crippen molar-refractivity contribution in [3.05, 3.63) is 88.0 Å². The molecule has 1 unspecified atom stereocenters. The Bertz CT molecular complexity index is 1290. The van der Waals surface area contributed by atoms with Crippen LogP contribution >= 0.6 is 11.8 Å². The quantitative estimate of drug-likeness (QED) is 0.145. The van der Waals surface area contributed by atoms with Crippen molar-refractivity contribution in [2.45, 2.75) is 36.0 Å². The Balaban J connectivity index is 1.70. The molecule has 172 valence electrons. The summed E-state index contributed by atoms with van der Waals surface area (Å²) in [5.74, 6) is -2.67. The van der Waals surface area contributed by atoms with Crippen LogP contribution in [0.5, 0.6) is 0 Å². The third-order valence-electron chi connectivity index (χ3n) is 5.91. The highest BCUT2D eigenvalue weighted by Crippen LogP contribution is 2.46. The predicted molar refractivity (Wildman–Crippen MR) is 130 cm³/mol. The fourth-order valence-corrected chi connectivity index (χ4v) is 5.35. The second-order valence-electron chi connectivity index (χ2n) is 8.18. The topological polar surface area (TPSA) is 106 Å². The van der Waals surface area contributed by atoms with E-state index in [0.717, 1.165) is 15.5 Å². The maximum absolute atomic E-state index is 13.6. The van der Waals surface area contributed by atoms with E-state index in [1.807, 2.05) is 36.4 Å². The Morgan fingerprint density at radius 1 is 0.912 bits per heavy atom. The number of anilines is 2. The van der Waals surface area contributed by atoms with E-state index in [4.69, 9.17) is 0 Å². The first-order chi connectivity index (χ1) is 16.3. The van der Waals surface area contributed by atoms with Gasteiger partial charge in [0, 0.05) is 39.8 Å². The molecule has 0 aromatic heterocycles. The first-order valence-electron chi connectivity index (χ1n) is 10.7. The summed E-state index contributed by atoms with van der Waals surface area (Å²) in [4.78, 5) is 50.9. The number of nitro groups is 1. The number of benzene rings is 3. The van der Waals surface area contributed by atoms with E-state index in [1.165, 1.54) is 38.1 Å². The zero-order valence-electron chi connectivity index (χ0n) is 18.6. The smallest absolute Gasteiger partial charge is 0.269 e. The largest absolute Gasteiger partial charge is 0.353 e. The fraction of sp³-hybridized carbons (Fsp3) is 0.192. The van der Waals surface area contributed by atoms with Gasteiger partial charge in [0.15, 0.2) is 5.78 Å². The standard InChI is InChI=1S/C26H22N2O5S/c1-15(29)25(16(2)30)20(17-10-12-18(13-11-17)28(32)33)14-22(31)19-6-5-9-24-26(19)27-21-7-3-4-8-23(21)34-24/h3-13,20,25,27H,14H2,1-2H3. The SMILES string of the molecule is CC(=O)C(C(C)=O)C(CC(=O)c1cccc2c1Nc1ccccc1S2)c1ccc([N+](=O)[O-])cc1. The van der Waals surface area contributed by atoms with Crippen molar-refractivity contribution < 1.29 is 19.3 Å². The van der Waals surface area contributed by atoms with Gasteiger partial charge in [-0.25, -0.2) is 0 Å². The Kier molecular flexibility index (Phi) is 6.61. The maximum atomic E-state index is 13.6. The molecular formula is C26H22N2O5S. The minimum atomic E-state index is -1.02. The lowest BCUT2D eigenvalue weighted by Crippen LogP contribution is -2.29. The number of Topliss-reactive ketones (excluding diaryl/α,β-unsaturated/α-hetero) is 3. The lowest BCUT2D eigenvalue weighted by atomic mass is 9.77. The molecule has 34 heavy (non-hydrogen) atoms. The number of nitrogens with one attached hydrogen (secondary N) is 1. The van der Waals surface area contributed by atoms with Gasteiger partial charge in [-0.3, -0.25) is 24.5 Å². The highest BCUT2D eigenvalue weighted by molar-refractivity contribution is 7.99. The Labute approximate surface area is 200 Å². The Morgan fingerprint density at radius 2 is 1.56 bits per heavy atom. The number of non-ortho nitro benzene ring substituents is 1. The molecule has 4 rings (SSSR count). The molecule has 0 radical (unpaired) electrons. The van der Waals surface area contributed by atoms with Crippen molar-refractivity contribution in [3.63, 3.8) is 0 Å². The van der Waals surface area contributed by atoms with Crippen LogP contribution in [0.3, 0.4) is 0 Å². The number of hydrogen-bond donors (Lipinski definition) is 1. The molecule has 0 aliphatic carbocycles. The number of para-hydroxylation sites is 2. The molecule has 3 aromatic carbocycles. The van der Waals surface area contributed by atoms with Crippen LogP contribution in [0.2, 0.25) is 0 Å². The summed E-state index contributed by atoms with van der Waals surface area (Å²) in [6, 6.07) is 18.9. The van der Waals surface area contributed by atoms with E-state index in [9.17, 15) is 24.5 Å². The average Bonchev–Trinajstić information content (AvgIpc) is 2.81. The third-order valence-corrected chi connectivity index (χ3v) is 7.04. The van der Waals surface area contributed by atoms with E-state index in [1.54, 1.807) is 17.8 Å². The van der Waals surface area contributed by atoms with E-state index >= 15 is 0 Å². The molecule has 8 heteroatoms. The second-order valence-corrected chi connectivity index (χ2v) is 9.27. The van der Waals surface area contributed by atoms with Crippen LogP contribution in [0.1, 0.15) is 42.1 Å². The van der Waals surface area contributed by atoms with E-state index < -0.39 is 16.8 Å². The highest BCUT2D eigenvalue weighted by atomic mass is 32.2. The van der Waals surface area contributed by atoms with Gasteiger partial charge in [-0.15, -0.1) is 0 Å². The summed E-state index contributed by atoms with van der Waals surface area (Å²) < 4.78 is 0. The van der Waals surface area contributed by atoms with E-state index in [-0.39, 0.29) is 29.5 Å². The minimum Gasteiger partial charge on any atom is -0.353 e. The number of fused-ring (bicyclic) bond motifs is 2. The number of hydrogen-bond acceptors (Lipinski definition) is 7. The molecule has 1 aliphatic heterocycles. The van der Waals surface area contributed by atoms with Gasteiger partial charge in [0.05, 0.1) is 22.2 Å². The van der Waals surface area contributed by atoms with Crippen LogP contribution in [0.25, 0.3) is 0 Å². The molecular weight excluding hydrogens is 452 g/mol. The van der Waals surface area contributed by atoms with Gasteiger partial charge in [0.2, 0.25) is 0 Å². The maximum Gasteiger partial charge on any atom is 0.269 e. The zero-order valence-corrected chi connectivity index (χ0v) is 19.4. The number of nitro benzene ring substituents is 1. The Hall–Kier alpha value is -3.78. The molecule has 0 saturated carbocycles. The van der Waals surface area contributed by atoms with Crippen molar-refractivity contribution in [2.75, 3.05) is 5.32 Å². The van der Waals surface area contributed by atoms with Crippen molar-refractivity contribution in [1.29, 1.82) is 0 Å². The van der Waals surface area contributed by atoms with Gasteiger partial charge in [0.25, 0.3) is 5.69 Å². The monoisotopic (exact) mass is 474 g/mol. The van der Waals surface area contributed by atoms with Crippen molar-refractivity contribution >= 4 is 46.2 Å². The lowest BCUT2D eigenvalue weighted by molar-refractivity contribution is -0.384. The van der Waals surface area contributed by atoms with E-state index in [0.29, 0.717) is 16.8 Å². The number of carbonyl (C=O) groups is 3. The van der Waals surface area contributed by atoms with Gasteiger partial charge in [-0.1, -0.05) is 42.1 Å². The second kappa shape index (κ2) is 9.61. The molecule has 1 aliphatic rings. The van der Waals surface area contributed by atoms with Crippen molar-refractivity contribution in [3.8, 4) is 0 Å². The summed E-state index contributed by atoms with van der Waals surface area (Å²) in [6.45, 7) is 2.66. The molecule has 0 spiro atoms. The van der Waals surface area contributed by atoms with Gasteiger partial charge in [-0.05, 0) is 43.7 Å². The van der Waals surface area contributed by atoms with Gasteiger partial charge < -0.3 is 5.32 Å². The molecule has 7 nitrogen and oxygen atoms in total. The van der Waals surface area contributed by atoms with Crippen LogP contribution < -0.4 is 5.32 Å². The minimum absolute atomic E-state index is 0.0912. The average molecular weight is 475 g/mol. The summed E-state index contributed by atoms with van der Waals surface area (Å²) in [7, 11) is 0. The summed E-state index contributed by atoms with van der Waals surface area (Å²) in [5.41, 5.74) is 2.50. The number of nitrogens with zero attached hydrogens (tertiary/aromatic N) is 1. The van der Waals surface area contributed by atoms with Gasteiger partial charge in [-0.2, -0.15) is 0 Å².